The third-order valence-corrected chi connectivity index (χ3v) is 3.69. The smallest absolute Gasteiger partial charge is 0.0479 e. The van der Waals surface area contributed by atoms with Crippen molar-refractivity contribution in [3.8, 4) is 0 Å². The maximum atomic E-state index is 5.97. The third kappa shape index (κ3) is 3.21. The summed E-state index contributed by atoms with van der Waals surface area (Å²) >= 11 is 0. The SMILES string of the molecule is Cc1ccc(C)c(C[C@@H](CN)c2ncccc2C)c1. The van der Waals surface area contributed by atoms with Crippen molar-refractivity contribution in [2.45, 2.75) is 33.1 Å². The van der Waals surface area contributed by atoms with E-state index in [1.807, 2.05) is 12.3 Å². The molecule has 0 aliphatic rings. The topological polar surface area (TPSA) is 38.9 Å². The molecule has 0 unspecified atom stereocenters. The van der Waals surface area contributed by atoms with Crippen LogP contribution in [0.5, 0.6) is 0 Å². The Bertz CT molecular complexity index is 561. The number of hydrogen-bond donors (Lipinski definition) is 1. The molecular formula is C17H22N2. The maximum absolute atomic E-state index is 5.97. The molecule has 19 heavy (non-hydrogen) atoms. The molecule has 1 atom stereocenters. The summed E-state index contributed by atoms with van der Waals surface area (Å²) in [6, 6.07) is 10.7. The molecule has 1 heterocycles. The lowest BCUT2D eigenvalue weighted by molar-refractivity contribution is 0.665. The van der Waals surface area contributed by atoms with Crippen molar-refractivity contribution in [1.29, 1.82) is 0 Å². The van der Waals surface area contributed by atoms with Crippen molar-refractivity contribution in [3.05, 3.63) is 64.5 Å². The first-order valence-corrected chi connectivity index (χ1v) is 6.79. The first-order valence-electron chi connectivity index (χ1n) is 6.79. The highest BCUT2D eigenvalue weighted by Gasteiger charge is 2.15. The molecule has 0 spiro atoms. The molecular weight excluding hydrogens is 232 g/mol. The van der Waals surface area contributed by atoms with Crippen molar-refractivity contribution in [1.82, 2.24) is 4.98 Å². The molecule has 2 aromatic rings. The summed E-state index contributed by atoms with van der Waals surface area (Å²) in [7, 11) is 0. The van der Waals surface area contributed by atoms with Gasteiger partial charge in [0, 0.05) is 24.4 Å². The highest BCUT2D eigenvalue weighted by atomic mass is 14.7. The van der Waals surface area contributed by atoms with Crippen LogP contribution in [0.4, 0.5) is 0 Å². The van der Waals surface area contributed by atoms with E-state index in [1.165, 1.54) is 22.3 Å². The number of aryl methyl sites for hydroxylation is 3. The van der Waals surface area contributed by atoms with Crippen LogP contribution in [0, 0.1) is 20.8 Å². The Morgan fingerprint density at radius 2 is 1.89 bits per heavy atom. The van der Waals surface area contributed by atoms with Crippen molar-refractivity contribution in [2.24, 2.45) is 5.73 Å². The molecule has 2 nitrogen and oxygen atoms in total. The number of nitrogens with two attached hydrogens (primary N) is 1. The Balaban J connectivity index is 2.29. The number of nitrogens with zero attached hydrogens (tertiary/aromatic N) is 1. The van der Waals surface area contributed by atoms with Gasteiger partial charge in [-0.1, -0.05) is 29.8 Å². The predicted octanol–water partition coefficient (Wildman–Crippen LogP) is 3.29. The van der Waals surface area contributed by atoms with Gasteiger partial charge in [-0.2, -0.15) is 0 Å². The zero-order valence-corrected chi connectivity index (χ0v) is 12.0. The third-order valence-electron chi connectivity index (χ3n) is 3.69. The van der Waals surface area contributed by atoms with Gasteiger partial charge in [0.05, 0.1) is 0 Å². The Hall–Kier alpha value is -1.67. The van der Waals surface area contributed by atoms with E-state index < -0.39 is 0 Å². The molecule has 0 fully saturated rings. The van der Waals surface area contributed by atoms with E-state index in [2.05, 4.69) is 50.0 Å². The van der Waals surface area contributed by atoms with Gasteiger partial charge in [0.25, 0.3) is 0 Å². The van der Waals surface area contributed by atoms with Crippen molar-refractivity contribution in [2.75, 3.05) is 6.54 Å². The van der Waals surface area contributed by atoms with E-state index in [9.17, 15) is 0 Å². The van der Waals surface area contributed by atoms with Crippen LogP contribution < -0.4 is 5.73 Å². The lowest BCUT2D eigenvalue weighted by Gasteiger charge is -2.18. The molecule has 2 rings (SSSR count). The van der Waals surface area contributed by atoms with E-state index in [0.29, 0.717) is 12.5 Å². The van der Waals surface area contributed by atoms with Gasteiger partial charge in [-0.25, -0.2) is 0 Å². The molecule has 0 saturated carbocycles. The summed E-state index contributed by atoms with van der Waals surface area (Å²) in [4.78, 5) is 4.52. The summed E-state index contributed by atoms with van der Waals surface area (Å²) < 4.78 is 0. The molecule has 0 aliphatic carbocycles. The minimum absolute atomic E-state index is 0.293. The van der Waals surface area contributed by atoms with Gasteiger partial charge in [0.2, 0.25) is 0 Å². The van der Waals surface area contributed by atoms with Gasteiger partial charge in [-0.3, -0.25) is 4.98 Å². The molecule has 1 aromatic heterocycles. The average molecular weight is 254 g/mol. The zero-order chi connectivity index (χ0) is 13.8. The summed E-state index contributed by atoms with van der Waals surface area (Å²) in [5.74, 6) is 0.293. The Labute approximate surface area is 115 Å². The van der Waals surface area contributed by atoms with Crippen LogP contribution in [0.15, 0.2) is 36.5 Å². The van der Waals surface area contributed by atoms with Crippen LogP contribution in [-0.4, -0.2) is 11.5 Å². The molecule has 100 valence electrons. The van der Waals surface area contributed by atoms with Crippen LogP contribution in [0.3, 0.4) is 0 Å². The van der Waals surface area contributed by atoms with Crippen LogP contribution in [-0.2, 0) is 6.42 Å². The van der Waals surface area contributed by atoms with Gasteiger partial charge in [0.15, 0.2) is 0 Å². The van der Waals surface area contributed by atoms with Crippen LogP contribution in [0.2, 0.25) is 0 Å². The van der Waals surface area contributed by atoms with Crippen molar-refractivity contribution < 1.29 is 0 Å². The van der Waals surface area contributed by atoms with Gasteiger partial charge in [0.1, 0.15) is 0 Å². The molecule has 0 radical (unpaired) electrons. The van der Waals surface area contributed by atoms with Crippen LogP contribution in [0.25, 0.3) is 0 Å². The summed E-state index contributed by atoms with van der Waals surface area (Å²) in [6.45, 7) is 7.03. The minimum atomic E-state index is 0.293. The van der Waals surface area contributed by atoms with Gasteiger partial charge < -0.3 is 5.73 Å². The molecule has 0 aliphatic heterocycles. The van der Waals surface area contributed by atoms with E-state index in [4.69, 9.17) is 5.73 Å². The second-order valence-corrected chi connectivity index (χ2v) is 5.27. The predicted molar refractivity (Wildman–Crippen MR) is 80.4 cm³/mol. The van der Waals surface area contributed by atoms with Crippen LogP contribution >= 0.6 is 0 Å². The monoisotopic (exact) mass is 254 g/mol. The molecule has 2 N–H and O–H groups in total. The lowest BCUT2D eigenvalue weighted by atomic mass is 9.90. The number of hydrogen-bond acceptors (Lipinski definition) is 2. The van der Waals surface area contributed by atoms with E-state index in [-0.39, 0.29) is 0 Å². The van der Waals surface area contributed by atoms with E-state index in [0.717, 1.165) is 12.1 Å². The van der Waals surface area contributed by atoms with E-state index in [1.54, 1.807) is 0 Å². The highest BCUT2D eigenvalue weighted by molar-refractivity contribution is 5.33. The summed E-state index contributed by atoms with van der Waals surface area (Å²) in [5.41, 5.74) is 12.3. The fourth-order valence-corrected chi connectivity index (χ4v) is 2.50. The number of aromatic nitrogens is 1. The summed E-state index contributed by atoms with van der Waals surface area (Å²) in [6.07, 6.45) is 2.82. The van der Waals surface area contributed by atoms with Crippen LogP contribution in [0.1, 0.15) is 33.9 Å². The van der Waals surface area contributed by atoms with E-state index >= 15 is 0 Å². The normalized spacial score (nSPS) is 12.4. The zero-order valence-electron chi connectivity index (χ0n) is 12.0. The minimum Gasteiger partial charge on any atom is -0.330 e. The molecule has 2 heteroatoms. The van der Waals surface area contributed by atoms with Gasteiger partial charge in [-0.05, 0) is 49.9 Å². The maximum Gasteiger partial charge on any atom is 0.0479 e. The number of benzene rings is 1. The Morgan fingerprint density at radius 1 is 1.11 bits per heavy atom. The molecule has 0 saturated heterocycles. The van der Waals surface area contributed by atoms with Crippen molar-refractivity contribution >= 4 is 0 Å². The fraction of sp³-hybridized carbons (Fsp3) is 0.353. The first-order chi connectivity index (χ1) is 9.11. The standard InChI is InChI=1S/C17H22N2/c1-12-6-7-13(2)15(9-12)10-16(11-18)17-14(3)5-4-8-19-17/h4-9,16H,10-11,18H2,1-3H3/t16-/m0/s1. The van der Waals surface area contributed by atoms with Crippen molar-refractivity contribution in [3.63, 3.8) is 0 Å². The molecule has 1 aromatic carbocycles. The quantitative estimate of drug-likeness (QED) is 0.909. The Kier molecular flexibility index (Phi) is 4.33. The molecule has 0 bridgehead atoms. The lowest BCUT2D eigenvalue weighted by Crippen LogP contribution is -2.18. The van der Waals surface area contributed by atoms with Gasteiger partial charge in [-0.15, -0.1) is 0 Å². The van der Waals surface area contributed by atoms with Gasteiger partial charge >= 0.3 is 0 Å². The largest absolute Gasteiger partial charge is 0.330 e. The second-order valence-electron chi connectivity index (χ2n) is 5.27. The second kappa shape index (κ2) is 5.98. The highest BCUT2D eigenvalue weighted by Crippen LogP contribution is 2.23. The fourth-order valence-electron chi connectivity index (χ4n) is 2.50. The average Bonchev–Trinajstić information content (AvgIpc) is 2.41. The summed E-state index contributed by atoms with van der Waals surface area (Å²) in [5, 5.41) is 0. The Morgan fingerprint density at radius 3 is 2.58 bits per heavy atom. The first kappa shape index (κ1) is 13.8. The number of rotatable bonds is 4. The molecule has 0 amide bonds. The number of pyridine rings is 1.